The van der Waals surface area contributed by atoms with Gasteiger partial charge in [-0.3, -0.25) is 4.79 Å². The Kier molecular flexibility index (Phi) is 4.32. The van der Waals surface area contributed by atoms with Crippen LogP contribution in [0.15, 0.2) is 40.5 Å². The van der Waals surface area contributed by atoms with Crippen molar-refractivity contribution in [2.24, 2.45) is 0 Å². The third kappa shape index (κ3) is 3.07. The number of rotatable bonds is 4. The highest BCUT2D eigenvalue weighted by molar-refractivity contribution is 7.17. The van der Waals surface area contributed by atoms with Crippen LogP contribution >= 0.6 is 11.3 Å². The second-order valence-electron chi connectivity index (χ2n) is 6.04. The van der Waals surface area contributed by atoms with Gasteiger partial charge in [0.25, 0.3) is 5.91 Å². The summed E-state index contributed by atoms with van der Waals surface area (Å²) in [6.45, 7) is 1.43. The van der Waals surface area contributed by atoms with Crippen LogP contribution in [-0.4, -0.2) is 17.4 Å². The zero-order valence-electron chi connectivity index (χ0n) is 13.2. The zero-order valence-corrected chi connectivity index (χ0v) is 14.1. The summed E-state index contributed by atoms with van der Waals surface area (Å²) in [5.41, 5.74) is 1.47. The third-order valence-corrected chi connectivity index (χ3v) is 5.30. The van der Waals surface area contributed by atoms with E-state index in [-0.39, 0.29) is 11.9 Å². The van der Waals surface area contributed by atoms with Gasteiger partial charge in [-0.05, 0) is 53.9 Å². The van der Waals surface area contributed by atoms with E-state index in [1.54, 1.807) is 11.3 Å². The van der Waals surface area contributed by atoms with Crippen molar-refractivity contribution < 1.29 is 9.21 Å². The van der Waals surface area contributed by atoms with Crippen LogP contribution in [0.2, 0.25) is 0 Å². The lowest BCUT2D eigenvalue weighted by Gasteiger charge is -2.21. The molecule has 4 rings (SSSR count). The molecule has 5 nitrogen and oxygen atoms in total. The molecule has 24 heavy (non-hydrogen) atoms. The molecule has 0 aliphatic carbocycles. The molecule has 3 heterocycles. The number of nitrogens with zero attached hydrogens (tertiary/aromatic N) is 1. The fourth-order valence-corrected chi connectivity index (χ4v) is 3.91. The van der Waals surface area contributed by atoms with Gasteiger partial charge in [-0.2, -0.15) is 0 Å². The maximum absolute atomic E-state index is 12.5. The maximum Gasteiger partial charge on any atom is 0.273 e. The molecule has 0 bridgehead atoms. The van der Waals surface area contributed by atoms with Gasteiger partial charge < -0.3 is 15.1 Å². The Hall–Kier alpha value is -2.18. The van der Waals surface area contributed by atoms with Crippen molar-refractivity contribution in [1.29, 1.82) is 0 Å². The van der Waals surface area contributed by atoms with Crippen LogP contribution in [0, 0.1) is 0 Å². The van der Waals surface area contributed by atoms with Crippen LogP contribution < -0.4 is 10.6 Å². The van der Waals surface area contributed by atoms with E-state index in [0.29, 0.717) is 18.0 Å². The largest absolute Gasteiger partial charge is 0.446 e. The number of hydrogen-bond donors (Lipinski definition) is 2. The number of aromatic nitrogens is 1. The molecule has 124 valence electrons. The first-order valence-electron chi connectivity index (χ1n) is 8.22. The van der Waals surface area contributed by atoms with Gasteiger partial charge in [-0.1, -0.05) is 12.5 Å². The third-order valence-electron chi connectivity index (χ3n) is 4.41. The molecule has 1 fully saturated rings. The molecule has 1 amide bonds. The summed E-state index contributed by atoms with van der Waals surface area (Å²) in [7, 11) is 0. The minimum Gasteiger partial charge on any atom is -0.446 e. The minimum atomic E-state index is -0.184. The van der Waals surface area contributed by atoms with Crippen LogP contribution in [0.1, 0.15) is 47.1 Å². The van der Waals surface area contributed by atoms with Crippen LogP contribution in [-0.2, 0) is 6.54 Å². The molecule has 0 saturated carbocycles. The molecule has 2 aromatic heterocycles. The predicted molar refractivity (Wildman–Crippen MR) is 94.1 cm³/mol. The lowest BCUT2D eigenvalue weighted by atomic mass is 10.0. The quantitative estimate of drug-likeness (QED) is 0.760. The Morgan fingerprint density at radius 2 is 2.33 bits per heavy atom. The van der Waals surface area contributed by atoms with Crippen LogP contribution in [0.4, 0.5) is 0 Å². The smallest absolute Gasteiger partial charge is 0.273 e. The first-order valence-corrected chi connectivity index (χ1v) is 9.10. The van der Waals surface area contributed by atoms with Gasteiger partial charge in [-0.15, -0.1) is 11.3 Å². The summed E-state index contributed by atoms with van der Waals surface area (Å²) >= 11 is 1.72. The Balaban J connectivity index is 1.45. The lowest BCUT2D eigenvalue weighted by molar-refractivity contribution is 0.0943. The van der Waals surface area contributed by atoms with Crippen molar-refractivity contribution in [3.05, 3.63) is 53.1 Å². The van der Waals surface area contributed by atoms with Crippen molar-refractivity contribution in [3.63, 3.8) is 0 Å². The summed E-state index contributed by atoms with van der Waals surface area (Å²) in [6.07, 6.45) is 4.64. The number of carbonyl (C=O) groups is 1. The van der Waals surface area contributed by atoms with E-state index >= 15 is 0 Å². The van der Waals surface area contributed by atoms with Crippen molar-refractivity contribution in [1.82, 2.24) is 15.6 Å². The highest BCUT2D eigenvalue weighted by Gasteiger charge is 2.25. The molecular formula is C18H19N3O2S. The number of hydrogen-bond acceptors (Lipinski definition) is 5. The van der Waals surface area contributed by atoms with Gasteiger partial charge >= 0.3 is 0 Å². The number of carbonyl (C=O) groups excluding carboxylic acids is 1. The molecule has 1 atom stereocenters. The first kappa shape index (κ1) is 15.4. The van der Waals surface area contributed by atoms with Crippen molar-refractivity contribution in [2.45, 2.75) is 31.8 Å². The Bertz CT molecular complexity index is 849. The molecule has 6 heteroatoms. The van der Waals surface area contributed by atoms with Gasteiger partial charge in [0.15, 0.2) is 17.8 Å². The summed E-state index contributed by atoms with van der Waals surface area (Å²) in [6, 6.07) is 8.43. The van der Waals surface area contributed by atoms with Gasteiger partial charge in [0, 0.05) is 11.2 Å². The first-order chi connectivity index (χ1) is 11.8. The van der Waals surface area contributed by atoms with E-state index in [1.165, 1.54) is 16.5 Å². The number of benzene rings is 1. The molecule has 3 aromatic rings. The fraction of sp³-hybridized carbons (Fsp3) is 0.333. The van der Waals surface area contributed by atoms with Gasteiger partial charge in [0.05, 0.1) is 6.04 Å². The Labute approximate surface area is 144 Å². The minimum absolute atomic E-state index is 0.0872. The normalized spacial score (nSPS) is 17.9. The van der Waals surface area contributed by atoms with Crippen molar-refractivity contribution in [3.8, 4) is 0 Å². The Morgan fingerprint density at radius 3 is 3.21 bits per heavy atom. The highest BCUT2D eigenvalue weighted by Crippen LogP contribution is 2.25. The molecule has 1 aliphatic heterocycles. The number of oxazole rings is 1. The zero-order chi connectivity index (χ0) is 16.4. The maximum atomic E-state index is 12.5. The summed E-state index contributed by atoms with van der Waals surface area (Å²) < 4.78 is 6.75. The van der Waals surface area contributed by atoms with E-state index in [2.05, 4.69) is 39.2 Å². The molecule has 0 radical (unpaired) electrons. The van der Waals surface area contributed by atoms with Crippen LogP contribution in [0.25, 0.3) is 10.1 Å². The second-order valence-corrected chi connectivity index (χ2v) is 6.99. The molecule has 1 unspecified atom stereocenters. The SMILES string of the molecule is O=C(NCc1ccc2sccc2c1)c1ncoc1C1CCCCN1. The van der Waals surface area contributed by atoms with E-state index < -0.39 is 0 Å². The average molecular weight is 341 g/mol. The second kappa shape index (κ2) is 6.75. The van der Waals surface area contributed by atoms with Gasteiger partial charge in [0.2, 0.25) is 0 Å². The number of fused-ring (bicyclic) bond motifs is 1. The number of amides is 1. The Morgan fingerprint density at radius 1 is 1.38 bits per heavy atom. The van der Waals surface area contributed by atoms with Crippen molar-refractivity contribution >= 4 is 27.3 Å². The highest BCUT2D eigenvalue weighted by atomic mass is 32.1. The molecule has 1 aromatic carbocycles. The van der Waals surface area contributed by atoms with Crippen molar-refractivity contribution in [2.75, 3.05) is 6.54 Å². The van der Waals surface area contributed by atoms with E-state index in [4.69, 9.17) is 4.42 Å². The molecular weight excluding hydrogens is 322 g/mol. The lowest BCUT2D eigenvalue weighted by Crippen LogP contribution is -2.30. The van der Waals surface area contributed by atoms with E-state index in [9.17, 15) is 4.79 Å². The summed E-state index contributed by atoms with van der Waals surface area (Å²) in [5, 5.41) is 9.63. The molecule has 0 spiro atoms. The summed E-state index contributed by atoms with van der Waals surface area (Å²) in [4.78, 5) is 16.6. The van der Waals surface area contributed by atoms with Crippen LogP contribution in [0.5, 0.6) is 0 Å². The monoisotopic (exact) mass is 341 g/mol. The number of thiophene rings is 1. The predicted octanol–water partition coefficient (Wildman–Crippen LogP) is 3.63. The van der Waals surface area contributed by atoms with Gasteiger partial charge in [-0.25, -0.2) is 4.98 Å². The van der Waals surface area contributed by atoms with E-state index in [0.717, 1.165) is 31.4 Å². The topological polar surface area (TPSA) is 67.2 Å². The summed E-state index contributed by atoms with van der Waals surface area (Å²) in [5.74, 6) is 0.469. The van der Waals surface area contributed by atoms with Gasteiger partial charge in [0.1, 0.15) is 0 Å². The molecule has 2 N–H and O–H groups in total. The number of piperidine rings is 1. The molecule has 1 saturated heterocycles. The fourth-order valence-electron chi connectivity index (χ4n) is 3.14. The van der Waals surface area contributed by atoms with E-state index in [1.807, 2.05) is 6.07 Å². The number of nitrogens with one attached hydrogen (secondary N) is 2. The molecule has 1 aliphatic rings. The average Bonchev–Trinajstić information content (AvgIpc) is 3.29. The van der Waals surface area contributed by atoms with Crippen LogP contribution in [0.3, 0.4) is 0 Å². The standard InChI is InChI=1S/C18H19N3O2S/c22-18(16-17(23-11-21-16)14-3-1-2-7-19-14)20-10-12-4-5-15-13(9-12)6-8-24-15/h4-6,8-9,11,14,19H,1-3,7,10H2,(H,20,22).